The summed E-state index contributed by atoms with van der Waals surface area (Å²) in [5.41, 5.74) is 0.143. The second-order valence-corrected chi connectivity index (χ2v) is 6.84. The van der Waals surface area contributed by atoms with Gasteiger partial charge in [-0.15, -0.1) is 0 Å². The van der Waals surface area contributed by atoms with Crippen molar-refractivity contribution in [1.29, 1.82) is 0 Å². The number of phenolic OH excluding ortho intramolecular Hbond substituents is 1. The first kappa shape index (κ1) is 18.5. The van der Waals surface area contributed by atoms with E-state index in [4.69, 9.17) is 4.42 Å². The zero-order valence-electron chi connectivity index (χ0n) is 15.2. The first-order valence-electron chi connectivity index (χ1n) is 8.75. The number of benzene rings is 2. The molecule has 0 spiro atoms. The minimum atomic E-state index is -0.890. The van der Waals surface area contributed by atoms with E-state index in [9.17, 15) is 19.8 Å². The monoisotopic (exact) mass is 367 g/mol. The van der Waals surface area contributed by atoms with Crippen LogP contribution in [0.3, 0.4) is 0 Å². The summed E-state index contributed by atoms with van der Waals surface area (Å²) >= 11 is 0. The van der Waals surface area contributed by atoms with Crippen LogP contribution in [0.4, 0.5) is 5.69 Å². The molecule has 0 aliphatic heterocycles. The van der Waals surface area contributed by atoms with Gasteiger partial charge in [-0.2, -0.15) is 0 Å². The molecule has 6 heteroatoms. The number of hydrogen-bond acceptors (Lipinski definition) is 5. The summed E-state index contributed by atoms with van der Waals surface area (Å²) in [5.74, 6) is -0.487. The molecule has 3 rings (SSSR count). The Morgan fingerprint density at radius 2 is 1.89 bits per heavy atom. The number of carbonyl (C=O) groups excluding carboxylic acids is 1. The molecule has 0 unspecified atom stereocenters. The fraction of sp³-hybridized carbons (Fsp3) is 0.238. The predicted octanol–water partition coefficient (Wildman–Crippen LogP) is 4.05. The smallest absolute Gasteiger partial charge is 0.364 e. The number of anilines is 1. The van der Waals surface area contributed by atoms with Gasteiger partial charge in [-0.1, -0.05) is 32.0 Å². The number of fused-ring (bicyclic) bond motifs is 1. The molecule has 1 amide bonds. The molecule has 0 saturated carbocycles. The fourth-order valence-corrected chi connectivity index (χ4v) is 2.87. The molecule has 27 heavy (non-hydrogen) atoms. The average Bonchev–Trinajstić information content (AvgIpc) is 2.63. The van der Waals surface area contributed by atoms with Crippen LogP contribution in [-0.4, -0.2) is 16.1 Å². The molecule has 0 fully saturated rings. The molecule has 1 aromatic heterocycles. The highest BCUT2D eigenvalue weighted by atomic mass is 16.4. The molecule has 1 heterocycles. The van der Waals surface area contributed by atoms with Gasteiger partial charge in [-0.25, -0.2) is 4.79 Å². The summed E-state index contributed by atoms with van der Waals surface area (Å²) in [6, 6.07) is 11.2. The number of nitrogens with one attached hydrogen (secondary N) is 1. The van der Waals surface area contributed by atoms with E-state index in [2.05, 4.69) is 19.2 Å². The van der Waals surface area contributed by atoms with Gasteiger partial charge >= 0.3 is 5.63 Å². The Balaban J connectivity index is 1.95. The Kier molecular flexibility index (Phi) is 5.16. The third-order valence-electron chi connectivity index (χ3n) is 4.36. The number of rotatable bonds is 5. The average molecular weight is 367 g/mol. The van der Waals surface area contributed by atoms with Crippen LogP contribution < -0.4 is 10.9 Å². The zero-order chi connectivity index (χ0) is 19.6. The van der Waals surface area contributed by atoms with E-state index < -0.39 is 17.3 Å². The summed E-state index contributed by atoms with van der Waals surface area (Å²) in [6.45, 7) is 4.22. The maximum absolute atomic E-state index is 12.7. The number of hydrogen-bond donors (Lipinski definition) is 3. The van der Waals surface area contributed by atoms with Gasteiger partial charge in [0.15, 0.2) is 11.4 Å². The van der Waals surface area contributed by atoms with E-state index in [-0.39, 0.29) is 22.4 Å². The van der Waals surface area contributed by atoms with E-state index >= 15 is 0 Å². The molecule has 2 aromatic carbocycles. The standard InChI is InChI=1S/C21H21NO5/c1-12(2)7-8-13-5-3-4-6-15(13)20(25)22-18-19(24)16-10-9-14(23)11-17(16)27-21(18)26/h3-6,9-12,23-24H,7-8H2,1-2H3,(H,22,25). The van der Waals surface area contributed by atoms with Crippen LogP contribution in [-0.2, 0) is 6.42 Å². The zero-order valence-corrected chi connectivity index (χ0v) is 15.2. The normalized spacial score (nSPS) is 11.1. The van der Waals surface area contributed by atoms with Crippen molar-refractivity contribution < 1.29 is 19.4 Å². The minimum absolute atomic E-state index is 0.0350. The highest BCUT2D eigenvalue weighted by Gasteiger charge is 2.19. The Morgan fingerprint density at radius 3 is 2.63 bits per heavy atom. The van der Waals surface area contributed by atoms with Gasteiger partial charge in [0.2, 0.25) is 0 Å². The van der Waals surface area contributed by atoms with E-state index in [1.165, 1.54) is 18.2 Å². The lowest BCUT2D eigenvalue weighted by atomic mass is 9.98. The quantitative estimate of drug-likeness (QED) is 0.591. The maximum atomic E-state index is 12.7. The third kappa shape index (κ3) is 3.95. The van der Waals surface area contributed by atoms with Gasteiger partial charge in [0.05, 0.1) is 5.39 Å². The summed E-state index contributed by atoms with van der Waals surface area (Å²) in [6.07, 6.45) is 1.66. The Hall–Kier alpha value is -3.28. The van der Waals surface area contributed by atoms with Crippen molar-refractivity contribution >= 4 is 22.6 Å². The third-order valence-corrected chi connectivity index (χ3v) is 4.36. The number of phenols is 1. The molecule has 3 aromatic rings. The van der Waals surface area contributed by atoms with Crippen LogP contribution in [0.15, 0.2) is 51.7 Å². The molecule has 3 N–H and O–H groups in total. The van der Waals surface area contributed by atoms with E-state index in [1.807, 2.05) is 12.1 Å². The Morgan fingerprint density at radius 1 is 1.15 bits per heavy atom. The number of amides is 1. The van der Waals surface area contributed by atoms with Crippen molar-refractivity contribution in [1.82, 2.24) is 0 Å². The largest absolute Gasteiger partial charge is 0.508 e. The molecular formula is C21H21NO5. The topological polar surface area (TPSA) is 99.8 Å². The summed E-state index contributed by atoms with van der Waals surface area (Å²) in [4.78, 5) is 24.9. The minimum Gasteiger partial charge on any atom is -0.508 e. The lowest BCUT2D eigenvalue weighted by molar-refractivity contribution is 0.102. The van der Waals surface area contributed by atoms with Crippen LogP contribution in [0, 0.1) is 5.92 Å². The van der Waals surface area contributed by atoms with Crippen molar-refractivity contribution in [2.24, 2.45) is 5.92 Å². The van der Waals surface area contributed by atoms with Gasteiger partial charge in [0.1, 0.15) is 11.3 Å². The fourth-order valence-electron chi connectivity index (χ4n) is 2.87. The van der Waals surface area contributed by atoms with Gasteiger partial charge in [0.25, 0.3) is 5.91 Å². The number of aryl methyl sites for hydroxylation is 1. The van der Waals surface area contributed by atoms with Gasteiger partial charge in [0, 0.05) is 11.6 Å². The molecule has 0 aliphatic rings. The van der Waals surface area contributed by atoms with Gasteiger partial charge in [-0.3, -0.25) is 4.79 Å². The Labute approximate surface area is 156 Å². The van der Waals surface area contributed by atoms with Crippen LogP contribution in [0.1, 0.15) is 36.2 Å². The SMILES string of the molecule is CC(C)CCc1ccccc1C(=O)Nc1c(O)c2ccc(O)cc2oc1=O. The first-order chi connectivity index (χ1) is 12.9. The molecule has 0 saturated heterocycles. The van der Waals surface area contributed by atoms with Crippen LogP contribution in [0.5, 0.6) is 11.5 Å². The molecule has 0 bridgehead atoms. The van der Waals surface area contributed by atoms with Crippen molar-refractivity contribution in [2.75, 3.05) is 5.32 Å². The van der Waals surface area contributed by atoms with Gasteiger partial charge < -0.3 is 19.9 Å². The van der Waals surface area contributed by atoms with Crippen molar-refractivity contribution in [3.8, 4) is 11.5 Å². The summed E-state index contributed by atoms with van der Waals surface area (Å²) < 4.78 is 5.11. The molecule has 0 atom stereocenters. The first-order valence-corrected chi connectivity index (χ1v) is 8.75. The second-order valence-electron chi connectivity index (χ2n) is 6.84. The van der Waals surface area contributed by atoms with Crippen molar-refractivity contribution in [3.05, 3.63) is 64.0 Å². The second kappa shape index (κ2) is 7.53. The molecule has 0 radical (unpaired) electrons. The molecule has 6 nitrogen and oxygen atoms in total. The Bertz CT molecular complexity index is 1050. The summed E-state index contributed by atoms with van der Waals surface area (Å²) in [5, 5.41) is 22.6. The lowest BCUT2D eigenvalue weighted by Crippen LogP contribution is -2.19. The van der Waals surface area contributed by atoms with Crippen LogP contribution in [0.25, 0.3) is 11.0 Å². The maximum Gasteiger partial charge on any atom is 0.364 e. The number of carbonyl (C=O) groups is 1. The van der Waals surface area contributed by atoms with Crippen molar-refractivity contribution in [2.45, 2.75) is 26.7 Å². The van der Waals surface area contributed by atoms with E-state index in [0.29, 0.717) is 11.5 Å². The highest BCUT2D eigenvalue weighted by Crippen LogP contribution is 2.32. The number of aromatic hydroxyl groups is 2. The summed E-state index contributed by atoms with van der Waals surface area (Å²) in [7, 11) is 0. The van der Waals surface area contributed by atoms with E-state index in [1.54, 1.807) is 12.1 Å². The van der Waals surface area contributed by atoms with Gasteiger partial charge in [-0.05, 0) is 42.5 Å². The van der Waals surface area contributed by atoms with Crippen molar-refractivity contribution in [3.63, 3.8) is 0 Å². The molecule has 0 aliphatic carbocycles. The highest BCUT2D eigenvalue weighted by molar-refractivity contribution is 6.07. The van der Waals surface area contributed by atoms with Crippen LogP contribution >= 0.6 is 0 Å². The predicted molar refractivity (Wildman–Crippen MR) is 103 cm³/mol. The molecular weight excluding hydrogens is 346 g/mol. The van der Waals surface area contributed by atoms with Crippen LogP contribution in [0.2, 0.25) is 0 Å². The van der Waals surface area contributed by atoms with E-state index in [0.717, 1.165) is 18.4 Å². The molecule has 140 valence electrons. The lowest BCUT2D eigenvalue weighted by Gasteiger charge is -2.12.